The second-order valence-corrected chi connectivity index (χ2v) is 5.95. The maximum Gasteiger partial charge on any atom is 0.268 e. The van der Waals surface area contributed by atoms with Gasteiger partial charge in [-0.05, 0) is 6.07 Å². The minimum Gasteiger partial charge on any atom is -0.340 e. The van der Waals surface area contributed by atoms with Crippen molar-refractivity contribution in [3.8, 4) is 0 Å². The number of hydrogen-bond acceptors (Lipinski definition) is 5. The summed E-state index contributed by atoms with van der Waals surface area (Å²) in [6, 6.07) is 7.62. The Morgan fingerprint density at radius 3 is 2.95 bits per heavy atom. The third-order valence-corrected chi connectivity index (χ3v) is 4.87. The highest BCUT2D eigenvalue weighted by Crippen LogP contribution is 2.35. The van der Waals surface area contributed by atoms with Gasteiger partial charge in [0.2, 0.25) is 0 Å². The van der Waals surface area contributed by atoms with Crippen molar-refractivity contribution in [1.29, 1.82) is 0 Å². The van der Waals surface area contributed by atoms with Gasteiger partial charge in [0, 0.05) is 10.1 Å². The second kappa shape index (κ2) is 5.04. The van der Waals surface area contributed by atoms with Crippen LogP contribution in [-0.4, -0.2) is 25.8 Å². The average molecular weight is 330 g/mol. The van der Waals surface area contributed by atoms with Crippen LogP contribution in [-0.2, 0) is 0 Å². The van der Waals surface area contributed by atoms with Crippen LogP contribution < -0.4 is 5.32 Å². The van der Waals surface area contributed by atoms with Crippen molar-refractivity contribution in [2.75, 3.05) is 5.32 Å². The number of carbonyl (C=O) groups is 1. The van der Waals surface area contributed by atoms with E-state index in [-0.39, 0.29) is 5.91 Å². The van der Waals surface area contributed by atoms with Crippen LogP contribution in [0.1, 0.15) is 9.67 Å². The molecule has 1 aromatic carbocycles. The first kappa shape index (κ1) is 13.2. The lowest BCUT2D eigenvalue weighted by Gasteiger charge is -2.03. The van der Waals surface area contributed by atoms with Gasteiger partial charge in [-0.1, -0.05) is 29.8 Å². The molecule has 1 amide bonds. The Morgan fingerprint density at radius 1 is 1.23 bits per heavy atom. The highest BCUT2D eigenvalue weighted by atomic mass is 35.5. The van der Waals surface area contributed by atoms with Crippen molar-refractivity contribution < 1.29 is 4.79 Å². The highest BCUT2D eigenvalue weighted by Gasteiger charge is 2.18. The molecule has 3 heterocycles. The fraction of sp³-hybridized carbons (Fsp3) is 0. The first-order valence-electron chi connectivity index (χ1n) is 6.36. The molecule has 0 aliphatic heterocycles. The van der Waals surface area contributed by atoms with Crippen LogP contribution in [0.2, 0.25) is 5.02 Å². The number of nitrogens with one attached hydrogen (secondary N) is 2. The summed E-state index contributed by atoms with van der Waals surface area (Å²) in [6.07, 6.45) is 2.85. The number of hydrogen-bond donors (Lipinski definition) is 2. The lowest BCUT2D eigenvalue weighted by atomic mass is 10.2. The van der Waals surface area contributed by atoms with Gasteiger partial charge in [0.05, 0.1) is 11.3 Å². The molecule has 6 nitrogen and oxygen atoms in total. The van der Waals surface area contributed by atoms with E-state index in [1.807, 2.05) is 24.3 Å². The van der Waals surface area contributed by atoms with Crippen molar-refractivity contribution in [3.05, 3.63) is 46.8 Å². The van der Waals surface area contributed by atoms with Gasteiger partial charge in [0.15, 0.2) is 11.5 Å². The van der Waals surface area contributed by atoms with Crippen molar-refractivity contribution in [1.82, 2.24) is 19.9 Å². The number of fused-ring (bicyclic) bond motifs is 2. The molecule has 22 heavy (non-hydrogen) atoms. The standard InChI is InChI=1S/C14H8ClN5OS/c15-9-7-3-1-2-4-8(7)22-11(9)14(21)20-13-10-12(17-5-16-10)18-6-19-13/h1-6H,(H2,16,17,18,19,20,21). The van der Waals surface area contributed by atoms with Crippen molar-refractivity contribution in [2.45, 2.75) is 0 Å². The molecular weight excluding hydrogens is 322 g/mol. The third-order valence-electron chi connectivity index (χ3n) is 3.20. The van der Waals surface area contributed by atoms with Gasteiger partial charge in [0.25, 0.3) is 5.91 Å². The number of aromatic amines is 1. The Morgan fingerprint density at radius 2 is 2.09 bits per heavy atom. The number of rotatable bonds is 2. The number of H-pyrrole nitrogens is 1. The summed E-state index contributed by atoms with van der Waals surface area (Å²) < 4.78 is 0.965. The van der Waals surface area contributed by atoms with Gasteiger partial charge in [-0.2, -0.15) is 0 Å². The largest absolute Gasteiger partial charge is 0.340 e. The summed E-state index contributed by atoms with van der Waals surface area (Å²) in [4.78, 5) is 28.0. The Labute approximate surface area is 133 Å². The Bertz CT molecular complexity index is 1010. The highest BCUT2D eigenvalue weighted by molar-refractivity contribution is 7.21. The smallest absolute Gasteiger partial charge is 0.268 e. The quantitative estimate of drug-likeness (QED) is 0.589. The van der Waals surface area contributed by atoms with Crippen LogP contribution in [0.4, 0.5) is 5.82 Å². The fourth-order valence-corrected chi connectivity index (χ4v) is 3.60. The monoisotopic (exact) mass is 329 g/mol. The second-order valence-electron chi connectivity index (χ2n) is 4.52. The van der Waals surface area contributed by atoms with E-state index in [0.717, 1.165) is 10.1 Å². The van der Waals surface area contributed by atoms with Crippen LogP contribution in [0, 0.1) is 0 Å². The summed E-state index contributed by atoms with van der Waals surface area (Å²) in [5.74, 6) is 0.0711. The van der Waals surface area contributed by atoms with Gasteiger partial charge in [-0.3, -0.25) is 4.79 Å². The molecule has 0 aliphatic carbocycles. The Balaban J connectivity index is 1.75. The molecular formula is C14H8ClN5OS. The molecule has 3 aromatic heterocycles. The molecule has 0 aliphatic rings. The number of benzene rings is 1. The number of aromatic nitrogens is 4. The van der Waals surface area contributed by atoms with E-state index in [9.17, 15) is 4.79 Å². The summed E-state index contributed by atoms with van der Waals surface area (Å²) >= 11 is 7.66. The maximum absolute atomic E-state index is 12.5. The molecule has 0 fully saturated rings. The van der Waals surface area contributed by atoms with Gasteiger partial charge in [-0.25, -0.2) is 15.0 Å². The number of imidazole rings is 1. The van der Waals surface area contributed by atoms with Gasteiger partial charge < -0.3 is 10.3 Å². The average Bonchev–Trinajstić information content (AvgIpc) is 3.13. The van der Waals surface area contributed by atoms with E-state index in [1.165, 1.54) is 24.0 Å². The fourth-order valence-electron chi connectivity index (χ4n) is 2.18. The van der Waals surface area contributed by atoms with E-state index in [4.69, 9.17) is 11.6 Å². The van der Waals surface area contributed by atoms with E-state index in [2.05, 4.69) is 25.3 Å². The van der Waals surface area contributed by atoms with Gasteiger partial charge in [0.1, 0.15) is 16.7 Å². The molecule has 0 saturated heterocycles. The lowest BCUT2D eigenvalue weighted by Crippen LogP contribution is -2.12. The first-order valence-corrected chi connectivity index (χ1v) is 7.56. The number of carbonyl (C=O) groups excluding carboxylic acids is 1. The molecule has 2 N–H and O–H groups in total. The molecule has 4 rings (SSSR count). The van der Waals surface area contributed by atoms with Crippen molar-refractivity contribution in [2.24, 2.45) is 0 Å². The maximum atomic E-state index is 12.5. The summed E-state index contributed by atoms with van der Waals surface area (Å²) in [7, 11) is 0. The minimum absolute atomic E-state index is 0.305. The third kappa shape index (κ3) is 2.02. The zero-order chi connectivity index (χ0) is 15.1. The molecule has 108 valence electrons. The summed E-state index contributed by atoms with van der Waals surface area (Å²) in [5, 5.41) is 4.07. The van der Waals surface area contributed by atoms with Gasteiger partial charge in [-0.15, -0.1) is 11.3 Å². The first-order chi connectivity index (χ1) is 10.7. The topological polar surface area (TPSA) is 83.6 Å². The molecule has 0 atom stereocenters. The SMILES string of the molecule is O=C(Nc1ncnc2nc[nH]c12)c1sc2ccccc2c1Cl. The Hall–Kier alpha value is -2.51. The number of nitrogens with zero attached hydrogens (tertiary/aromatic N) is 3. The van der Waals surface area contributed by atoms with Crippen LogP contribution >= 0.6 is 22.9 Å². The Kier molecular flexibility index (Phi) is 3.02. The van der Waals surface area contributed by atoms with E-state index >= 15 is 0 Å². The van der Waals surface area contributed by atoms with Crippen LogP contribution in [0.25, 0.3) is 21.3 Å². The van der Waals surface area contributed by atoms with E-state index in [0.29, 0.717) is 26.9 Å². The molecule has 4 aromatic rings. The normalized spacial score (nSPS) is 11.1. The molecule has 0 saturated carbocycles. The van der Waals surface area contributed by atoms with Crippen LogP contribution in [0.15, 0.2) is 36.9 Å². The van der Waals surface area contributed by atoms with Gasteiger partial charge >= 0.3 is 0 Å². The zero-order valence-corrected chi connectivity index (χ0v) is 12.6. The number of thiophene rings is 1. The lowest BCUT2D eigenvalue weighted by molar-refractivity contribution is 0.103. The number of anilines is 1. The van der Waals surface area contributed by atoms with E-state index < -0.39 is 0 Å². The predicted octanol–water partition coefficient (Wildman–Crippen LogP) is 3.47. The summed E-state index contributed by atoms with van der Waals surface area (Å²) in [6.45, 7) is 0. The molecule has 0 bridgehead atoms. The number of halogens is 1. The van der Waals surface area contributed by atoms with Crippen LogP contribution in [0.5, 0.6) is 0 Å². The zero-order valence-electron chi connectivity index (χ0n) is 11.0. The molecule has 0 radical (unpaired) electrons. The summed E-state index contributed by atoms with van der Waals surface area (Å²) in [5.41, 5.74) is 1.07. The van der Waals surface area contributed by atoms with Crippen molar-refractivity contribution >= 4 is 55.9 Å². The van der Waals surface area contributed by atoms with Crippen LogP contribution in [0.3, 0.4) is 0 Å². The number of amides is 1. The van der Waals surface area contributed by atoms with Crippen molar-refractivity contribution in [3.63, 3.8) is 0 Å². The molecule has 8 heteroatoms. The molecule has 0 unspecified atom stereocenters. The minimum atomic E-state index is -0.305. The van der Waals surface area contributed by atoms with E-state index in [1.54, 1.807) is 0 Å². The molecule has 0 spiro atoms. The predicted molar refractivity (Wildman–Crippen MR) is 86.5 cm³/mol.